The fourth-order valence-electron chi connectivity index (χ4n) is 2.39. The van der Waals surface area contributed by atoms with E-state index in [1.807, 2.05) is 0 Å². The van der Waals surface area contributed by atoms with Gasteiger partial charge >= 0.3 is 0 Å². The van der Waals surface area contributed by atoms with E-state index in [9.17, 15) is 4.79 Å². The normalized spacial score (nSPS) is 29.7. The Bertz CT molecular complexity index is 215. The molecule has 0 aromatic heterocycles. The third kappa shape index (κ3) is 2.18. The van der Waals surface area contributed by atoms with Crippen LogP contribution < -0.4 is 0 Å². The van der Waals surface area contributed by atoms with Gasteiger partial charge in [-0.2, -0.15) is 0 Å². The monoisotopic (exact) mass is 196 g/mol. The van der Waals surface area contributed by atoms with Crippen LogP contribution in [0.2, 0.25) is 0 Å². The molecule has 82 valence electrons. The molecular weight excluding hydrogens is 172 g/mol. The summed E-state index contributed by atoms with van der Waals surface area (Å²) in [4.78, 5) is 11.4. The number of rotatable bonds is 2. The van der Waals surface area contributed by atoms with E-state index in [4.69, 9.17) is 0 Å². The van der Waals surface area contributed by atoms with Crippen molar-refractivity contribution in [3.63, 3.8) is 0 Å². The van der Waals surface area contributed by atoms with Crippen molar-refractivity contribution in [3.05, 3.63) is 0 Å². The summed E-state index contributed by atoms with van der Waals surface area (Å²) in [6.45, 7) is 11.4. The molecule has 1 saturated carbocycles. The second-order valence-electron chi connectivity index (χ2n) is 5.81. The Hall–Kier alpha value is -0.330. The molecule has 1 aliphatic rings. The number of carbonyl (C=O) groups excluding carboxylic acids is 1. The van der Waals surface area contributed by atoms with Crippen LogP contribution in [0.3, 0.4) is 0 Å². The Balaban J connectivity index is 2.67. The summed E-state index contributed by atoms with van der Waals surface area (Å²) in [5.41, 5.74) is 0.384. The van der Waals surface area contributed by atoms with Gasteiger partial charge in [0.25, 0.3) is 0 Å². The molecular formula is C13H24O. The molecule has 0 spiro atoms. The number of ketones is 1. The summed E-state index contributed by atoms with van der Waals surface area (Å²) in [5, 5.41) is 0. The minimum Gasteiger partial charge on any atom is -0.299 e. The summed E-state index contributed by atoms with van der Waals surface area (Å²) < 4.78 is 0. The van der Waals surface area contributed by atoms with E-state index < -0.39 is 0 Å². The topological polar surface area (TPSA) is 17.1 Å². The standard InChI is InChI=1S/C13H24O/c1-9(2)13(4,5)11-6-7-12(14)10(3)8-11/h9-11H,6-8H2,1-5H3/t10-,11+/m1/s1. The molecule has 0 bridgehead atoms. The Morgan fingerprint density at radius 1 is 1.36 bits per heavy atom. The van der Waals surface area contributed by atoms with E-state index in [0.29, 0.717) is 23.0 Å². The molecule has 0 radical (unpaired) electrons. The highest BCUT2D eigenvalue weighted by Crippen LogP contribution is 2.43. The SMILES string of the molecule is CC(C)C(C)(C)[C@H]1CCC(=O)[C@H](C)C1. The highest BCUT2D eigenvalue weighted by atomic mass is 16.1. The van der Waals surface area contributed by atoms with Crippen LogP contribution in [-0.2, 0) is 4.79 Å². The van der Waals surface area contributed by atoms with Crippen molar-refractivity contribution in [2.24, 2.45) is 23.2 Å². The molecule has 0 heterocycles. The van der Waals surface area contributed by atoms with E-state index in [1.54, 1.807) is 0 Å². The number of hydrogen-bond acceptors (Lipinski definition) is 1. The zero-order valence-electron chi connectivity index (χ0n) is 10.3. The van der Waals surface area contributed by atoms with Crippen LogP contribution in [0.5, 0.6) is 0 Å². The molecule has 2 atom stereocenters. The quantitative estimate of drug-likeness (QED) is 0.658. The molecule has 1 nitrogen and oxygen atoms in total. The van der Waals surface area contributed by atoms with Crippen molar-refractivity contribution in [2.45, 2.75) is 53.9 Å². The van der Waals surface area contributed by atoms with Gasteiger partial charge in [0.05, 0.1) is 0 Å². The zero-order chi connectivity index (χ0) is 10.9. The van der Waals surface area contributed by atoms with Crippen LogP contribution >= 0.6 is 0 Å². The Morgan fingerprint density at radius 3 is 2.36 bits per heavy atom. The second kappa shape index (κ2) is 4.04. The first-order valence-electron chi connectivity index (χ1n) is 5.88. The number of carbonyl (C=O) groups is 1. The third-order valence-electron chi connectivity index (χ3n) is 4.47. The fraction of sp³-hybridized carbons (Fsp3) is 0.923. The molecule has 0 N–H and O–H groups in total. The molecule has 0 aromatic rings. The van der Waals surface area contributed by atoms with Crippen molar-refractivity contribution in [3.8, 4) is 0 Å². The minimum absolute atomic E-state index is 0.298. The minimum atomic E-state index is 0.298. The Kier molecular flexibility index (Phi) is 3.39. The molecule has 1 fully saturated rings. The second-order valence-corrected chi connectivity index (χ2v) is 5.81. The average molecular weight is 196 g/mol. The van der Waals surface area contributed by atoms with Gasteiger partial charge in [0.15, 0.2) is 0 Å². The molecule has 14 heavy (non-hydrogen) atoms. The van der Waals surface area contributed by atoms with Gasteiger partial charge in [-0.1, -0.05) is 34.6 Å². The summed E-state index contributed by atoms with van der Waals surface area (Å²) in [5.74, 6) is 2.20. The lowest BCUT2D eigenvalue weighted by molar-refractivity contribution is -0.126. The maximum atomic E-state index is 11.4. The molecule has 0 aromatic carbocycles. The summed E-state index contributed by atoms with van der Waals surface area (Å²) in [6, 6.07) is 0. The van der Waals surface area contributed by atoms with Crippen molar-refractivity contribution < 1.29 is 4.79 Å². The number of Topliss-reactive ketones (excluding diaryl/α,β-unsaturated/α-hetero) is 1. The summed E-state index contributed by atoms with van der Waals surface area (Å²) >= 11 is 0. The van der Waals surface area contributed by atoms with E-state index >= 15 is 0 Å². The largest absolute Gasteiger partial charge is 0.299 e. The van der Waals surface area contributed by atoms with Crippen LogP contribution in [0.15, 0.2) is 0 Å². The van der Waals surface area contributed by atoms with Crippen LogP contribution in [0, 0.1) is 23.2 Å². The van der Waals surface area contributed by atoms with Gasteiger partial charge in [-0.15, -0.1) is 0 Å². The van der Waals surface area contributed by atoms with E-state index in [0.717, 1.165) is 25.2 Å². The summed E-state index contributed by atoms with van der Waals surface area (Å²) in [7, 11) is 0. The predicted molar refractivity (Wildman–Crippen MR) is 60.1 cm³/mol. The van der Waals surface area contributed by atoms with Crippen LogP contribution in [0.1, 0.15) is 53.9 Å². The first kappa shape index (κ1) is 11.7. The Morgan fingerprint density at radius 2 is 1.93 bits per heavy atom. The van der Waals surface area contributed by atoms with Gasteiger partial charge in [-0.25, -0.2) is 0 Å². The average Bonchev–Trinajstić information content (AvgIpc) is 2.09. The van der Waals surface area contributed by atoms with E-state index in [-0.39, 0.29) is 0 Å². The predicted octanol–water partition coefficient (Wildman–Crippen LogP) is 3.67. The molecule has 0 saturated heterocycles. The smallest absolute Gasteiger partial charge is 0.135 e. The van der Waals surface area contributed by atoms with Crippen molar-refractivity contribution in [1.82, 2.24) is 0 Å². The highest BCUT2D eigenvalue weighted by molar-refractivity contribution is 5.81. The first-order chi connectivity index (χ1) is 6.35. The highest BCUT2D eigenvalue weighted by Gasteiger charge is 2.37. The molecule has 0 amide bonds. The van der Waals surface area contributed by atoms with Crippen molar-refractivity contribution in [1.29, 1.82) is 0 Å². The first-order valence-corrected chi connectivity index (χ1v) is 5.88. The maximum absolute atomic E-state index is 11.4. The van der Waals surface area contributed by atoms with Gasteiger partial charge in [-0.3, -0.25) is 4.79 Å². The van der Waals surface area contributed by atoms with E-state index in [2.05, 4.69) is 34.6 Å². The molecule has 1 rings (SSSR count). The van der Waals surface area contributed by atoms with Crippen LogP contribution in [0.25, 0.3) is 0 Å². The molecule has 0 unspecified atom stereocenters. The van der Waals surface area contributed by atoms with Gasteiger partial charge in [0.2, 0.25) is 0 Å². The van der Waals surface area contributed by atoms with Crippen molar-refractivity contribution >= 4 is 5.78 Å². The maximum Gasteiger partial charge on any atom is 0.135 e. The lowest BCUT2D eigenvalue weighted by Gasteiger charge is -2.41. The Labute approximate surface area is 88.3 Å². The lowest BCUT2D eigenvalue weighted by Crippen LogP contribution is -2.35. The van der Waals surface area contributed by atoms with Crippen molar-refractivity contribution in [2.75, 3.05) is 0 Å². The van der Waals surface area contributed by atoms with Crippen LogP contribution in [0.4, 0.5) is 0 Å². The van der Waals surface area contributed by atoms with Gasteiger partial charge in [0, 0.05) is 12.3 Å². The van der Waals surface area contributed by atoms with Gasteiger partial charge in [0.1, 0.15) is 5.78 Å². The van der Waals surface area contributed by atoms with Crippen LogP contribution in [-0.4, -0.2) is 5.78 Å². The zero-order valence-corrected chi connectivity index (χ0v) is 10.3. The molecule has 0 aliphatic heterocycles. The number of hydrogen-bond donors (Lipinski definition) is 0. The third-order valence-corrected chi connectivity index (χ3v) is 4.47. The molecule has 1 aliphatic carbocycles. The molecule has 1 heteroatoms. The van der Waals surface area contributed by atoms with Gasteiger partial charge < -0.3 is 0 Å². The lowest BCUT2D eigenvalue weighted by atomic mass is 9.63. The van der Waals surface area contributed by atoms with Gasteiger partial charge in [-0.05, 0) is 30.1 Å². The fourth-order valence-corrected chi connectivity index (χ4v) is 2.39. The van der Waals surface area contributed by atoms with E-state index in [1.165, 1.54) is 0 Å². The summed E-state index contributed by atoms with van der Waals surface area (Å²) in [6.07, 6.45) is 3.01.